The Morgan fingerprint density at radius 1 is 1.17 bits per heavy atom. The molecule has 0 heterocycles. The molecule has 0 unspecified atom stereocenters. The number of benzene rings is 1. The van der Waals surface area contributed by atoms with Gasteiger partial charge in [-0.2, -0.15) is 17.0 Å². The van der Waals surface area contributed by atoms with Crippen molar-refractivity contribution in [3.8, 4) is 0 Å². The number of rotatable bonds is 6. The Kier molecular flexibility index (Phi) is 7.42. The van der Waals surface area contributed by atoms with Gasteiger partial charge in [-0.15, -0.1) is 12.4 Å². The van der Waals surface area contributed by atoms with Crippen molar-refractivity contribution >= 4 is 22.6 Å². The molecular formula is C11H20ClN3O2S. The van der Waals surface area contributed by atoms with Gasteiger partial charge in [-0.1, -0.05) is 30.3 Å². The van der Waals surface area contributed by atoms with Crippen molar-refractivity contribution in [2.45, 2.75) is 6.54 Å². The Bertz CT molecular complexity index is 437. The second-order valence-electron chi connectivity index (χ2n) is 3.90. The number of hydrogen-bond donors (Lipinski definition) is 1. The van der Waals surface area contributed by atoms with Crippen LogP contribution < -0.4 is 5.73 Å². The van der Waals surface area contributed by atoms with Gasteiger partial charge in [0.15, 0.2) is 0 Å². The molecule has 1 aromatic carbocycles. The van der Waals surface area contributed by atoms with Gasteiger partial charge in [0.2, 0.25) is 0 Å². The van der Waals surface area contributed by atoms with Crippen molar-refractivity contribution in [3.05, 3.63) is 35.9 Å². The van der Waals surface area contributed by atoms with Gasteiger partial charge in [-0.3, -0.25) is 0 Å². The molecule has 0 saturated carbocycles. The standard InChI is InChI=1S/C11H19N3O2S.ClH/c1-13(2)17(15,16)14(9-8-12)10-11-6-4-3-5-7-11;/h3-7H,8-10,12H2,1-2H3;1H. The maximum Gasteiger partial charge on any atom is 0.281 e. The summed E-state index contributed by atoms with van der Waals surface area (Å²) in [5.41, 5.74) is 6.41. The Morgan fingerprint density at radius 3 is 2.17 bits per heavy atom. The lowest BCUT2D eigenvalue weighted by Crippen LogP contribution is -2.42. The van der Waals surface area contributed by atoms with Crippen molar-refractivity contribution in [1.82, 2.24) is 8.61 Å². The summed E-state index contributed by atoms with van der Waals surface area (Å²) >= 11 is 0. The van der Waals surface area contributed by atoms with Crippen LogP contribution in [0.5, 0.6) is 0 Å². The first kappa shape index (κ1) is 17.3. The van der Waals surface area contributed by atoms with Crippen LogP contribution in [0.3, 0.4) is 0 Å². The minimum Gasteiger partial charge on any atom is -0.329 e. The lowest BCUT2D eigenvalue weighted by Gasteiger charge is -2.24. The Balaban J connectivity index is 0.00000289. The summed E-state index contributed by atoms with van der Waals surface area (Å²) in [6, 6.07) is 9.47. The summed E-state index contributed by atoms with van der Waals surface area (Å²) < 4.78 is 26.6. The molecule has 18 heavy (non-hydrogen) atoms. The highest BCUT2D eigenvalue weighted by Crippen LogP contribution is 2.10. The van der Waals surface area contributed by atoms with Gasteiger partial charge in [-0.25, -0.2) is 0 Å². The molecular weight excluding hydrogens is 274 g/mol. The molecule has 1 rings (SSSR count). The first-order valence-corrected chi connectivity index (χ1v) is 6.79. The highest BCUT2D eigenvalue weighted by Gasteiger charge is 2.23. The van der Waals surface area contributed by atoms with Gasteiger partial charge >= 0.3 is 0 Å². The molecule has 0 spiro atoms. The van der Waals surface area contributed by atoms with E-state index >= 15 is 0 Å². The van der Waals surface area contributed by atoms with E-state index < -0.39 is 10.2 Å². The van der Waals surface area contributed by atoms with E-state index in [4.69, 9.17) is 5.73 Å². The Hall–Kier alpha value is -0.660. The van der Waals surface area contributed by atoms with Crippen molar-refractivity contribution in [2.75, 3.05) is 27.2 Å². The molecule has 0 radical (unpaired) electrons. The maximum atomic E-state index is 12.0. The second-order valence-corrected chi connectivity index (χ2v) is 6.04. The topological polar surface area (TPSA) is 66.6 Å². The predicted molar refractivity (Wildman–Crippen MR) is 75.8 cm³/mol. The summed E-state index contributed by atoms with van der Waals surface area (Å²) in [4.78, 5) is 0. The lowest BCUT2D eigenvalue weighted by atomic mass is 10.2. The molecule has 0 fully saturated rings. The quantitative estimate of drug-likeness (QED) is 0.838. The number of nitrogens with zero attached hydrogens (tertiary/aromatic N) is 2. The highest BCUT2D eigenvalue weighted by atomic mass is 35.5. The van der Waals surface area contributed by atoms with Crippen LogP contribution in [0.1, 0.15) is 5.56 Å². The van der Waals surface area contributed by atoms with Gasteiger partial charge in [0.05, 0.1) is 0 Å². The molecule has 0 aliphatic carbocycles. The Labute approximate surface area is 115 Å². The van der Waals surface area contributed by atoms with Gasteiger partial charge in [0, 0.05) is 33.7 Å². The molecule has 0 aliphatic rings. The molecule has 104 valence electrons. The second kappa shape index (κ2) is 7.70. The Morgan fingerprint density at radius 2 is 1.72 bits per heavy atom. The van der Waals surface area contributed by atoms with Gasteiger partial charge in [-0.05, 0) is 5.56 Å². The molecule has 0 amide bonds. The average Bonchev–Trinajstić information content (AvgIpc) is 2.29. The summed E-state index contributed by atoms with van der Waals surface area (Å²) in [7, 11) is -0.377. The van der Waals surface area contributed by atoms with E-state index in [-0.39, 0.29) is 12.4 Å². The van der Waals surface area contributed by atoms with Crippen molar-refractivity contribution < 1.29 is 8.42 Å². The number of nitrogens with two attached hydrogens (primary N) is 1. The monoisotopic (exact) mass is 293 g/mol. The van der Waals surface area contributed by atoms with E-state index in [1.54, 1.807) is 0 Å². The zero-order chi connectivity index (χ0) is 12.9. The highest BCUT2D eigenvalue weighted by molar-refractivity contribution is 7.86. The smallest absolute Gasteiger partial charge is 0.281 e. The molecule has 0 atom stereocenters. The normalized spacial score (nSPS) is 11.6. The van der Waals surface area contributed by atoms with Gasteiger partial charge in [0.1, 0.15) is 0 Å². The van der Waals surface area contributed by atoms with Crippen LogP contribution in [0.2, 0.25) is 0 Å². The predicted octanol–water partition coefficient (Wildman–Crippen LogP) is 0.676. The first-order valence-electron chi connectivity index (χ1n) is 5.40. The molecule has 7 heteroatoms. The molecule has 0 aliphatic heterocycles. The van der Waals surface area contributed by atoms with Crippen molar-refractivity contribution in [2.24, 2.45) is 5.73 Å². The zero-order valence-electron chi connectivity index (χ0n) is 10.6. The fourth-order valence-electron chi connectivity index (χ4n) is 1.44. The SMILES string of the molecule is CN(C)S(=O)(=O)N(CCN)Cc1ccccc1.Cl. The van der Waals surface area contributed by atoms with E-state index in [0.717, 1.165) is 5.56 Å². The van der Waals surface area contributed by atoms with E-state index in [1.165, 1.54) is 22.7 Å². The zero-order valence-corrected chi connectivity index (χ0v) is 12.2. The molecule has 0 saturated heterocycles. The third-order valence-corrected chi connectivity index (χ3v) is 4.26. The number of hydrogen-bond acceptors (Lipinski definition) is 3. The van der Waals surface area contributed by atoms with E-state index in [9.17, 15) is 8.42 Å². The third kappa shape index (κ3) is 4.55. The summed E-state index contributed by atoms with van der Waals surface area (Å²) in [5, 5.41) is 0. The van der Waals surface area contributed by atoms with Crippen LogP contribution in [-0.2, 0) is 16.8 Å². The van der Waals surface area contributed by atoms with Crippen LogP contribution in [-0.4, -0.2) is 44.2 Å². The maximum absolute atomic E-state index is 12.0. The number of halogens is 1. The summed E-state index contributed by atoms with van der Waals surface area (Å²) in [5.74, 6) is 0. The average molecular weight is 294 g/mol. The van der Waals surface area contributed by atoms with E-state index in [2.05, 4.69) is 0 Å². The summed E-state index contributed by atoms with van der Waals surface area (Å²) in [6.07, 6.45) is 0. The fraction of sp³-hybridized carbons (Fsp3) is 0.455. The van der Waals surface area contributed by atoms with Gasteiger partial charge in [0.25, 0.3) is 10.2 Å². The minimum absolute atomic E-state index is 0. The third-order valence-electron chi connectivity index (χ3n) is 2.37. The molecule has 0 aromatic heterocycles. The first-order chi connectivity index (χ1) is 7.98. The summed E-state index contributed by atoms with van der Waals surface area (Å²) in [6.45, 7) is 0.966. The minimum atomic E-state index is -3.41. The van der Waals surface area contributed by atoms with Crippen LogP contribution in [0.25, 0.3) is 0 Å². The molecule has 5 nitrogen and oxygen atoms in total. The van der Waals surface area contributed by atoms with E-state index in [1.807, 2.05) is 30.3 Å². The van der Waals surface area contributed by atoms with Crippen LogP contribution in [0.4, 0.5) is 0 Å². The van der Waals surface area contributed by atoms with Crippen LogP contribution >= 0.6 is 12.4 Å². The van der Waals surface area contributed by atoms with Gasteiger partial charge < -0.3 is 5.73 Å². The van der Waals surface area contributed by atoms with E-state index in [0.29, 0.717) is 19.6 Å². The molecule has 1 aromatic rings. The molecule has 2 N–H and O–H groups in total. The lowest BCUT2D eigenvalue weighted by molar-refractivity contribution is 0.376. The fourth-order valence-corrected chi connectivity index (χ4v) is 2.55. The largest absolute Gasteiger partial charge is 0.329 e. The van der Waals surface area contributed by atoms with Crippen molar-refractivity contribution in [1.29, 1.82) is 0 Å². The van der Waals surface area contributed by atoms with Crippen LogP contribution in [0, 0.1) is 0 Å². The molecule has 0 bridgehead atoms. The van der Waals surface area contributed by atoms with Crippen molar-refractivity contribution in [3.63, 3.8) is 0 Å². The van der Waals surface area contributed by atoms with Crippen LogP contribution in [0.15, 0.2) is 30.3 Å².